The van der Waals surface area contributed by atoms with Crippen LogP contribution in [0.5, 0.6) is 0 Å². The summed E-state index contributed by atoms with van der Waals surface area (Å²) >= 11 is 0. The summed E-state index contributed by atoms with van der Waals surface area (Å²) in [5.41, 5.74) is -0.102. The third-order valence-electron chi connectivity index (χ3n) is 4.19. The van der Waals surface area contributed by atoms with E-state index >= 15 is 0 Å². The molecule has 0 amide bonds. The van der Waals surface area contributed by atoms with Gasteiger partial charge in [-0.2, -0.15) is 5.26 Å². The minimum atomic E-state index is -0.417. The van der Waals surface area contributed by atoms with Gasteiger partial charge >= 0.3 is 0 Å². The largest absolute Gasteiger partial charge is 0.293 e. The molecule has 2 nitrogen and oxygen atoms in total. The first-order chi connectivity index (χ1) is 7.42. The van der Waals surface area contributed by atoms with Crippen molar-refractivity contribution in [2.24, 2.45) is 16.7 Å². The summed E-state index contributed by atoms with van der Waals surface area (Å²) in [4.78, 5) is 12.2. The Bertz CT molecular complexity index is 436. The Labute approximate surface area is 96.6 Å². The first kappa shape index (κ1) is 11.1. The molecule has 0 aliphatic heterocycles. The molecular weight excluding hydrogens is 198 g/mol. The lowest BCUT2D eigenvalue weighted by molar-refractivity contribution is -0.129. The van der Waals surface area contributed by atoms with Gasteiger partial charge in [0.2, 0.25) is 0 Å². The van der Waals surface area contributed by atoms with Crippen LogP contribution in [0.25, 0.3) is 0 Å². The van der Waals surface area contributed by atoms with Crippen molar-refractivity contribution in [1.29, 1.82) is 5.26 Å². The Balaban J connectivity index is 2.58. The van der Waals surface area contributed by atoms with E-state index in [0.29, 0.717) is 11.5 Å². The summed E-state index contributed by atoms with van der Waals surface area (Å²) in [5.74, 6) is 0.322. The molecule has 0 fully saturated rings. The van der Waals surface area contributed by atoms with Crippen LogP contribution in [0.4, 0.5) is 0 Å². The SMILES string of the molecule is CC1(C)C(=O)C(C#N)=C[C@]2(C)CC=CC[C@@H]12. The number of fused-ring (bicyclic) bond motifs is 1. The Kier molecular flexibility index (Phi) is 2.31. The number of hydrogen-bond acceptors (Lipinski definition) is 2. The van der Waals surface area contributed by atoms with E-state index in [1.54, 1.807) is 0 Å². The summed E-state index contributed by atoms with van der Waals surface area (Å²) in [6.07, 6.45) is 8.08. The summed E-state index contributed by atoms with van der Waals surface area (Å²) in [5, 5.41) is 9.04. The quantitative estimate of drug-likeness (QED) is 0.583. The highest BCUT2D eigenvalue weighted by atomic mass is 16.1. The molecule has 0 spiro atoms. The molecule has 0 aromatic heterocycles. The molecule has 84 valence electrons. The van der Waals surface area contributed by atoms with Crippen LogP contribution in [0.2, 0.25) is 0 Å². The van der Waals surface area contributed by atoms with Crippen LogP contribution >= 0.6 is 0 Å². The van der Waals surface area contributed by atoms with E-state index in [1.165, 1.54) is 0 Å². The van der Waals surface area contributed by atoms with Crippen molar-refractivity contribution in [2.45, 2.75) is 33.6 Å². The van der Waals surface area contributed by atoms with Crippen molar-refractivity contribution in [2.75, 3.05) is 0 Å². The molecule has 0 unspecified atom stereocenters. The Morgan fingerprint density at radius 3 is 2.69 bits per heavy atom. The van der Waals surface area contributed by atoms with Gasteiger partial charge in [0.15, 0.2) is 5.78 Å². The van der Waals surface area contributed by atoms with Crippen molar-refractivity contribution in [1.82, 2.24) is 0 Å². The summed E-state index contributed by atoms with van der Waals surface area (Å²) in [7, 11) is 0. The van der Waals surface area contributed by atoms with E-state index in [1.807, 2.05) is 19.9 Å². The number of nitriles is 1. The Morgan fingerprint density at radius 1 is 1.38 bits per heavy atom. The van der Waals surface area contributed by atoms with Crippen molar-refractivity contribution in [3.05, 3.63) is 23.8 Å². The number of hydrogen-bond donors (Lipinski definition) is 0. The van der Waals surface area contributed by atoms with E-state index in [9.17, 15) is 4.79 Å². The van der Waals surface area contributed by atoms with E-state index < -0.39 is 5.41 Å². The van der Waals surface area contributed by atoms with E-state index in [-0.39, 0.29) is 11.2 Å². The van der Waals surface area contributed by atoms with Gasteiger partial charge in [0, 0.05) is 5.41 Å². The Morgan fingerprint density at radius 2 is 2.06 bits per heavy atom. The van der Waals surface area contributed by atoms with Gasteiger partial charge in [0.05, 0.1) is 5.57 Å². The van der Waals surface area contributed by atoms with Gasteiger partial charge in [-0.15, -0.1) is 0 Å². The fourth-order valence-corrected chi connectivity index (χ4v) is 3.24. The lowest BCUT2D eigenvalue weighted by Crippen LogP contribution is -2.47. The molecule has 0 N–H and O–H groups in total. The third kappa shape index (κ3) is 1.35. The van der Waals surface area contributed by atoms with Crippen molar-refractivity contribution >= 4 is 5.78 Å². The van der Waals surface area contributed by atoms with Crippen molar-refractivity contribution in [3.8, 4) is 6.07 Å². The van der Waals surface area contributed by atoms with Crippen LogP contribution in [0.15, 0.2) is 23.8 Å². The number of nitrogens with zero attached hydrogens (tertiary/aromatic N) is 1. The van der Waals surface area contributed by atoms with Crippen LogP contribution in [0, 0.1) is 28.1 Å². The zero-order chi connectivity index (χ0) is 12.0. The summed E-state index contributed by atoms with van der Waals surface area (Å²) < 4.78 is 0. The van der Waals surface area contributed by atoms with E-state index in [2.05, 4.69) is 25.1 Å². The topological polar surface area (TPSA) is 40.9 Å². The van der Waals surface area contributed by atoms with Crippen LogP contribution < -0.4 is 0 Å². The second kappa shape index (κ2) is 3.31. The average molecular weight is 215 g/mol. The normalized spacial score (nSPS) is 36.2. The van der Waals surface area contributed by atoms with Gasteiger partial charge in [-0.05, 0) is 24.2 Å². The molecule has 2 aliphatic carbocycles. The highest BCUT2D eigenvalue weighted by molar-refractivity contribution is 6.04. The molecule has 0 bridgehead atoms. The monoisotopic (exact) mass is 215 g/mol. The minimum absolute atomic E-state index is 0.00720. The number of carbonyl (C=O) groups is 1. The van der Waals surface area contributed by atoms with Gasteiger partial charge < -0.3 is 0 Å². The molecule has 2 rings (SSSR count). The van der Waals surface area contributed by atoms with Crippen LogP contribution in [-0.2, 0) is 4.79 Å². The maximum atomic E-state index is 12.2. The number of ketones is 1. The number of allylic oxidation sites excluding steroid dienone is 4. The van der Waals surface area contributed by atoms with Crippen molar-refractivity contribution < 1.29 is 4.79 Å². The lowest BCUT2D eigenvalue weighted by Gasteiger charge is -2.48. The molecule has 0 heterocycles. The fraction of sp³-hybridized carbons (Fsp3) is 0.571. The standard InChI is InChI=1S/C14H17NO/c1-13(2)11-6-4-5-7-14(11,3)8-10(9-15)12(13)16/h4-5,8,11H,6-7H2,1-3H3/t11-,14-/m0/s1. The second-order valence-electron chi connectivity index (χ2n) is 5.69. The minimum Gasteiger partial charge on any atom is -0.293 e. The van der Waals surface area contributed by atoms with Crippen LogP contribution in [0.1, 0.15) is 33.6 Å². The van der Waals surface area contributed by atoms with E-state index in [4.69, 9.17) is 5.26 Å². The predicted molar refractivity (Wildman–Crippen MR) is 62.5 cm³/mol. The molecule has 2 heteroatoms. The van der Waals surface area contributed by atoms with Crippen molar-refractivity contribution in [3.63, 3.8) is 0 Å². The van der Waals surface area contributed by atoms with Gasteiger partial charge in [0.25, 0.3) is 0 Å². The zero-order valence-corrected chi connectivity index (χ0v) is 10.1. The third-order valence-corrected chi connectivity index (χ3v) is 4.19. The maximum Gasteiger partial charge on any atom is 0.178 e. The lowest BCUT2D eigenvalue weighted by atomic mass is 9.54. The molecule has 0 saturated heterocycles. The molecular formula is C14H17NO. The first-order valence-electron chi connectivity index (χ1n) is 5.74. The second-order valence-corrected chi connectivity index (χ2v) is 5.69. The Hall–Kier alpha value is -1.36. The molecule has 2 atom stereocenters. The summed E-state index contributed by atoms with van der Waals surface area (Å²) in [6.45, 7) is 6.11. The molecule has 16 heavy (non-hydrogen) atoms. The van der Waals surface area contributed by atoms with Gasteiger partial charge in [0.1, 0.15) is 6.07 Å². The number of carbonyl (C=O) groups excluding carboxylic acids is 1. The molecule has 0 saturated carbocycles. The van der Waals surface area contributed by atoms with Gasteiger partial charge in [-0.3, -0.25) is 4.79 Å². The van der Waals surface area contributed by atoms with Crippen LogP contribution in [-0.4, -0.2) is 5.78 Å². The summed E-state index contributed by atoms with van der Waals surface area (Å²) in [6, 6.07) is 2.06. The molecule has 0 aromatic carbocycles. The highest BCUT2D eigenvalue weighted by Gasteiger charge is 2.50. The zero-order valence-electron chi connectivity index (χ0n) is 10.1. The van der Waals surface area contributed by atoms with Gasteiger partial charge in [-0.25, -0.2) is 0 Å². The predicted octanol–water partition coefficient (Wildman–Crippen LogP) is 3.02. The average Bonchev–Trinajstić information content (AvgIpc) is 2.24. The first-order valence-corrected chi connectivity index (χ1v) is 5.74. The molecule has 0 aromatic rings. The number of rotatable bonds is 0. The smallest absolute Gasteiger partial charge is 0.178 e. The van der Waals surface area contributed by atoms with E-state index in [0.717, 1.165) is 12.8 Å². The van der Waals surface area contributed by atoms with Gasteiger partial charge in [-0.1, -0.05) is 39.0 Å². The molecule has 0 radical (unpaired) electrons. The number of Topliss-reactive ketones (excluding diaryl/α,β-unsaturated/α-hetero) is 1. The molecule has 2 aliphatic rings. The van der Waals surface area contributed by atoms with Crippen LogP contribution in [0.3, 0.4) is 0 Å². The fourth-order valence-electron chi connectivity index (χ4n) is 3.24. The maximum absolute atomic E-state index is 12.2. The highest BCUT2D eigenvalue weighted by Crippen LogP contribution is 2.53.